The van der Waals surface area contributed by atoms with Crippen molar-refractivity contribution in [3.05, 3.63) is 45.8 Å². The smallest absolute Gasteiger partial charge is 0.160 e. The topological polar surface area (TPSA) is 50.9 Å². The average Bonchev–Trinajstić information content (AvgIpc) is 2.31. The highest BCUT2D eigenvalue weighted by molar-refractivity contribution is 6.35. The lowest BCUT2D eigenvalue weighted by Crippen LogP contribution is -1.97. The van der Waals surface area contributed by atoms with Crippen LogP contribution in [-0.2, 0) is 0 Å². The Kier molecular flexibility index (Phi) is 3.59. The number of halogens is 3. The third-order valence-electron chi connectivity index (χ3n) is 2.41. The molecule has 6 heteroatoms. The monoisotopic (exact) mass is 285 g/mol. The van der Waals surface area contributed by atoms with Crippen molar-refractivity contribution < 1.29 is 4.39 Å². The summed E-state index contributed by atoms with van der Waals surface area (Å²) in [6, 6.07) is 4.66. The zero-order valence-electron chi connectivity index (χ0n) is 9.47. The molecule has 18 heavy (non-hydrogen) atoms. The highest BCUT2D eigenvalue weighted by Gasteiger charge is 2.08. The Morgan fingerprint density at radius 3 is 2.39 bits per heavy atom. The Bertz CT molecular complexity index is 579. The maximum atomic E-state index is 13.2. The van der Waals surface area contributed by atoms with Crippen LogP contribution in [0.5, 0.6) is 0 Å². The van der Waals surface area contributed by atoms with Crippen molar-refractivity contribution in [1.82, 2.24) is 4.98 Å². The van der Waals surface area contributed by atoms with Gasteiger partial charge in [0.15, 0.2) is 5.82 Å². The quantitative estimate of drug-likeness (QED) is 0.815. The minimum Gasteiger partial charge on any atom is -0.397 e. The number of nitrogen functional groups attached to an aromatic ring is 1. The number of hydrogen-bond acceptors (Lipinski definition) is 3. The molecule has 94 valence electrons. The number of rotatable bonds is 2. The second-order valence-corrected chi connectivity index (χ2v) is 4.62. The summed E-state index contributed by atoms with van der Waals surface area (Å²) in [4.78, 5) is 4.10. The number of pyridine rings is 1. The van der Waals surface area contributed by atoms with E-state index in [2.05, 4.69) is 10.3 Å². The molecule has 1 aromatic carbocycles. The van der Waals surface area contributed by atoms with Crippen LogP contribution in [0.2, 0.25) is 10.0 Å². The van der Waals surface area contributed by atoms with Crippen LogP contribution >= 0.6 is 23.2 Å². The number of nitrogens with zero attached hydrogens (tertiary/aromatic N) is 1. The van der Waals surface area contributed by atoms with Gasteiger partial charge in [0.25, 0.3) is 0 Å². The molecule has 0 saturated carbocycles. The molecule has 0 spiro atoms. The number of nitrogens with two attached hydrogens (primary N) is 1. The molecule has 2 aromatic rings. The number of anilines is 3. The Labute approximate surface area is 114 Å². The van der Waals surface area contributed by atoms with E-state index in [1.165, 1.54) is 12.1 Å². The normalized spacial score (nSPS) is 10.4. The molecule has 0 unspecified atom stereocenters. The summed E-state index contributed by atoms with van der Waals surface area (Å²) >= 11 is 11.4. The van der Waals surface area contributed by atoms with Crippen molar-refractivity contribution >= 4 is 40.4 Å². The van der Waals surface area contributed by atoms with Crippen LogP contribution in [0.3, 0.4) is 0 Å². The molecular formula is C12H10Cl2FN3. The number of aromatic nitrogens is 1. The predicted molar refractivity (Wildman–Crippen MR) is 73.1 cm³/mol. The number of benzene rings is 1. The lowest BCUT2D eigenvalue weighted by molar-refractivity contribution is 0.629. The lowest BCUT2D eigenvalue weighted by atomic mass is 10.2. The van der Waals surface area contributed by atoms with Gasteiger partial charge in [0.2, 0.25) is 0 Å². The highest BCUT2D eigenvalue weighted by Crippen LogP contribution is 2.29. The first kappa shape index (κ1) is 12.9. The van der Waals surface area contributed by atoms with Gasteiger partial charge >= 0.3 is 0 Å². The van der Waals surface area contributed by atoms with Crippen LogP contribution in [0.15, 0.2) is 24.4 Å². The summed E-state index contributed by atoms with van der Waals surface area (Å²) in [5.41, 5.74) is 7.73. The maximum absolute atomic E-state index is 13.2. The van der Waals surface area contributed by atoms with E-state index in [-0.39, 0.29) is 10.0 Å². The molecule has 1 heterocycles. The van der Waals surface area contributed by atoms with Crippen LogP contribution in [-0.4, -0.2) is 4.98 Å². The summed E-state index contributed by atoms with van der Waals surface area (Å²) in [7, 11) is 0. The highest BCUT2D eigenvalue weighted by atomic mass is 35.5. The summed E-state index contributed by atoms with van der Waals surface area (Å²) in [6.45, 7) is 1.87. The Morgan fingerprint density at radius 1 is 1.22 bits per heavy atom. The van der Waals surface area contributed by atoms with Gasteiger partial charge in [-0.2, -0.15) is 0 Å². The largest absolute Gasteiger partial charge is 0.397 e. The number of nitrogens with one attached hydrogen (secondary N) is 1. The fourth-order valence-corrected chi connectivity index (χ4v) is 1.90. The van der Waals surface area contributed by atoms with E-state index in [9.17, 15) is 4.39 Å². The second-order valence-electron chi connectivity index (χ2n) is 3.81. The minimum atomic E-state index is -0.634. The van der Waals surface area contributed by atoms with Gasteiger partial charge in [-0.1, -0.05) is 23.2 Å². The number of aryl methyl sites for hydroxylation is 1. The van der Waals surface area contributed by atoms with Crippen molar-refractivity contribution in [1.29, 1.82) is 0 Å². The Hall–Kier alpha value is -1.52. The van der Waals surface area contributed by atoms with Crippen molar-refractivity contribution in [2.75, 3.05) is 11.1 Å². The van der Waals surface area contributed by atoms with Gasteiger partial charge in [-0.3, -0.25) is 0 Å². The van der Waals surface area contributed by atoms with Gasteiger partial charge in [0.05, 0.1) is 21.9 Å². The maximum Gasteiger partial charge on any atom is 0.160 e. The average molecular weight is 286 g/mol. The molecule has 3 N–H and O–H groups in total. The van der Waals surface area contributed by atoms with Crippen molar-refractivity contribution in [3.63, 3.8) is 0 Å². The summed E-state index contributed by atoms with van der Waals surface area (Å²) in [5.74, 6) is -0.0502. The second kappa shape index (κ2) is 5.00. The van der Waals surface area contributed by atoms with E-state index >= 15 is 0 Å². The van der Waals surface area contributed by atoms with Crippen LogP contribution < -0.4 is 11.1 Å². The summed E-state index contributed by atoms with van der Waals surface area (Å²) < 4.78 is 13.2. The van der Waals surface area contributed by atoms with E-state index in [0.717, 1.165) is 5.56 Å². The molecule has 0 bridgehead atoms. The van der Waals surface area contributed by atoms with E-state index in [1.807, 2.05) is 6.92 Å². The fourth-order valence-electron chi connectivity index (χ4n) is 1.41. The lowest BCUT2D eigenvalue weighted by Gasteiger charge is -2.09. The van der Waals surface area contributed by atoms with E-state index in [1.54, 1.807) is 12.3 Å². The van der Waals surface area contributed by atoms with Crippen LogP contribution in [0.1, 0.15) is 5.56 Å². The first-order chi connectivity index (χ1) is 8.47. The SMILES string of the molecule is Cc1cc(Nc2cc(Cl)c(F)c(Cl)c2)ncc1N. The third-order valence-corrected chi connectivity index (χ3v) is 2.96. The van der Waals surface area contributed by atoms with Gasteiger partial charge in [0.1, 0.15) is 5.82 Å². The molecule has 3 nitrogen and oxygen atoms in total. The predicted octanol–water partition coefficient (Wildman–Crippen LogP) is 4.16. The van der Waals surface area contributed by atoms with E-state index < -0.39 is 5.82 Å². The number of hydrogen-bond donors (Lipinski definition) is 2. The van der Waals surface area contributed by atoms with Gasteiger partial charge in [-0.15, -0.1) is 0 Å². The molecular weight excluding hydrogens is 276 g/mol. The molecule has 0 radical (unpaired) electrons. The molecule has 0 aliphatic heterocycles. The first-order valence-corrected chi connectivity index (χ1v) is 5.86. The van der Waals surface area contributed by atoms with Crippen molar-refractivity contribution in [2.45, 2.75) is 6.92 Å². The molecule has 0 aliphatic carbocycles. The van der Waals surface area contributed by atoms with Gasteiger partial charge in [-0.05, 0) is 30.7 Å². The molecule has 2 rings (SSSR count). The van der Waals surface area contributed by atoms with Gasteiger partial charge in [0, 0.05) is 5.69 Å². The fraction of sp³-hybridized carbons (Fsp3) is 0.0833. The van der Waals surface area contributed by atoms with E-state index in [4.69, 9.17) is 28.9 Å². The zero-order chi connectivity index (χ0) is 13.3. The van der Waals surface area contributed by atoms with Crippen LogP contribution in [0.4, 0.5) is 21.6 Å². The zero-order valence-corrected chi connectivity index (χ0v) is 11.0. The Morgan fingerprint density at radius 2 is 1.83 bits per heavy atom. The van der Waals surface area contributed by atoms with Crippen LogP contribution in [0, 0.1) is 12.7 Å². The summed E-state index contributed by atoms with van der Waals surface area (Å²) in [6.07, 6.45) is 1.55. The summed E-state index contributed by atoms with van der Waals surface area (Å²) in [5, 5.41) is 2.89. The van der Waals surface area contributed by atoms with Crippen LogP contribution in [0.25, 0.3) is 0 Å². The molecule has 0 aliphatic rings. The molecule has 0 amide bonds. The third kappa shape index (κ3) is 2.66. The molecule has 0 atom stereocenters. The van der Waals surface area contributed by atoms with Crippen molar-refractivity contribution in [2.24, 2.45) is 0 Å². The standard InChI is InChI=1S/C12H10Cl2FN3/c1-6-2-11(17-5-10(6)16)18-7-3-8(13)12(15)9(14)4-7/h2-5H,16H2,1H3,(H,17,18). The minimum absolute atomic E-state index is 0.0443. The first-order valence-electron chi connectivity index (χ1n) is 5.11. The van der Waals surface area contributed by atoms with Crippen molar-refractivity contribution in [3.8, 4) is 0 Å². The molecule has 1 aromatic heterocycles. The Balaban J connectivity index is 2.31. The van der Waals surface area contributed by atoms with Gasteiger partial charge in [-0.25, -0.2) is 9.37 Å². The van der Waals surface area contributed by atoms with E-state index in [0.29, 0.717) is 17.2 Å². The molecule has 0 saturated heterocycles. The molecule has 0 fully saturated rings. The van der Waals surface area contributed by atoms with Gasteiger partial charge < -0.3 is 11.1 Å².